The molecular weight excluding hydrogens is 1000 g/mol. The van der Waals surface area contributed by atoms with Crippen LogP contribution in [0.5, 0.6) is 11.5 Å². The largest absolute Gasteiger partial charge is 0.489 e. The highest BCUT2D eigenvalue weighted by molar-refractivity contribution is 6.00. The van der Waals surface area contributed by atoms with E-state index in [2.05, 4.69) is 26.6 Å². The summed E-state index contributed by atoms with van der Waals surface area (Å²) in [5.74, 6) is -3.12. The summed E-state index contributed by atoms with van der Waals surface area (Å²) in [6.07, 6.45) is -1.59. The van der Waals surface area contributed by atoms with Crippen molar-refractivity contribution in [1.82, 2.24) is 26.6 Å². The number of rotatable bonds is 20. The van der Waals surface area contributed by atoms with Crippen molar-refractivity contribution in [2.75, 3.05) is 6.54 Å². The molecular formula is C63H61N5O11. The van der Waals surface area contributed by atoms with E-state index in [0.29, 0.717) is 34.8 Å². The number of carboxylic acids is 1. The van der Waals surface area contributed by atoms with Gasteiger partial charge in [-0.15, -0.1) is 0 Å². The maximum Gasteiger partial charge on any atom is 0.408 e. The van der Waals surface area contributed by atoms with Gasteiger partial charge in [0.1, 0.15) is 61.6 Å². The van der Waals surface area contributed by atoms with Crippen LogP contribution in [0.3, 0.4) is 0 Å². The Morgan fingerprint density at radius 2 is 1.19 bits per heavy atom. The predicted molar refractivity (Wildman–Crippen MR) is 294 cm³/mol. The van der Waals surface area contributed by atoms with Gasteiger partial charge in [0.15, 0.2) is 0 Å². The molecule has 79 heavy (non-hydrogen) atoms. The van der Waals surface area contributed by atoms with Crippen LogP contribution in [0, 0.1) is 0 Å². The van der Waals surface area contributed by atoms with E-state index in [1.165, 1.54) is 0 Å². The SMILES string of the molecule is O=C(NCCC[C@@H]1NC(=O)[C@@H](NC(=O)OCc2ccccc2)Cc2cc(ccc2OCc2ccccc2)-c2cccc(c2)[C@H]2CC2(C(=O)N[C@@H](Cc2ccc(OCc3ccccc3)cc2)C(=O)O)NC1=O)OCc1ccccc1. The second kappa shape index (κ2) is 26.1. The summed E-state index contributed by atoms with van der Waals surface area (Å²) in [4.78, 5) is 84.2. The van der Waals surface area contributed by atoms with Gasteiger partial charge in [0.2, 0.25) is 17.7 Å². The molecule has 4 bridgehead atoms. The van der Waals surface area contributed by atoms with Crippen LogP contribution in [0.15, 0.2) is 188 Å². The van der Waals surface area contributed by atoms with Crippen LogP contribution in [0.2, 0.25) is 0 Å². The van der Waals surface area contributed by atoms with Crippen LogP contribution in [0.4, 0.5) is 9.59 Å². The Kier molecular flexibility index (Phi) is 17.9. The van der Waals surface area contributed by atoms with Gasteiger partial charge in [-0.25, -0.2) is 14.4 Å². The van der Waals surface area contributed by atoms with Crippen LogP contribution >= 0.6 is 0 Å². The molecule has 1 heterocycles. The fourth-order valence-corrected chi connectivity index (χ4v) is 9.48. The zero-order valence-corrected chi connectivity index (χ0v) is 43.3. The first kappa shape index (κ1) is 54.4. The lowest BCUT2D eigenvalue weighted by molar-refractivity contribution is -0.142. The van der Waals surface area contributed by atoms with Gasteiger partial charge in [-0.1, -0.05) is 164 Å². The number of fused-ring (bicyclic) bond motifs is 7. The molecule has 2 aliphatic rings. The molecule has 7 aromatic carbocycles. The molecule has 0 saturated heterocycles. The van der Waals surface area contributed by atoms with Crippen molar-refractivity contribution in [3.8, 4) is 22.6 Å². The van der Waals surface area contributed by atoms with Crippen LogP contribution in [0.25, 0.3) is 11.1 Å². The summed E-state index contributed by atoms with van der Waals surface area (Å²) >= 11 is 0. The predicted octanol–water partition coefficient (Wildman–Crippen LogP) is 8.71. The number of hydrogen-bond acceptors (Lipinski definition) is 10. The third-order valence-electron chi connectivity index (χ3n) is 13.9. The van der Waals surface area contributed by atoms with E-state index in [1.807, 2.05) is 146 Å². The summed E-state index contributed by atoms with van der Waals surface area (Å²) in [5.41, 5.74) is 5.09. The number of carboxylic acid groups (broad SMARTS) is 1. The minimum atomic E-state index is -1.67. The molecule has 1 aliphatic heterocycles. The van der Waals surface area contributed by atoms with Crippen molar-refractivity contribution >= 4 is 35.9 Å². The fourth-order valence-electron chi connectivity index (χ4n) is 9.48. The normalized spacial score (nSPS) is 17.8. The number of carbonyl (C=O) groups excluding carboxylic acids is 5. The Bertz CT molecular complexity index is 3220. The highest BCUT2D eigenvalue weighted by Crippen LogP contribution is 2.52. The lowest BCUT2D eigenvalue weighted by atomic mass is 9.95. The molecule has 9 rings (SSSR count). The van der Waals surface area contributed by atoms with Crippen LogP contribution in [-0.2, 0) is 67.9 Å². The fraction of sp³-hybridized carbons (Fsp3) is 0.238. The number of nitrogens with one attached hydrogen (secondary N) is 5. The standard InChI is InChI=1S/C63H61N5O11/c69-57-54(67-62(75)79-41-46-21-11-4-12-22-46)36-50-35-48(28-31-56(50)77-39-44-17-7-2-8-18-44)47-23-13-24-49(34-47)52-37-63(52,68-58(70)53(65-57)25-14-32-64-61(74)78-40-45-19-9-3-10-20-45)60(73)66-55(59(71)72)33-42-26-29-51(30-27-42)76-38-43-15-5-1-6-16-43/h1-13,15-24,26-31,34-35,52-55H,14,25,32-33,36-41H2,(H,64,74)(H,65,69)(H,66,73)(H,67,75)(H,68,70)(H,71,72)/t52-,53+,54+,55+,63?/m1/s1. The molecule has 1 saturated carbocycles. The monoisotopic (exact) mass is 1060 g/mol. The lowest BCUT2D eigenvalue weighted by Crippen LogP contribution is -2.59. The number of carbonyl (C=O) groups is 6. The summed E-state index contributed by atoms with van der Waals surface area (Å²) in [6.45, 7) is 0.528. The van der Waals surface area contributed by atoms with E-state index >= 15 is 0 Å². The zero-order valence-electron chi connectivity index (χ0n) is 43.3. The van der Waals surface area contributed by atoms with Crippen LogP contribution in [-0.4, -0.2) is 71.2 Å². The van der Waals surface area contributed by atoms with E-state index in [4.69, 9.17) is 18.9 Å². The van der Waals surface area contributed by atoms with Gasteiger partial charge in [0, 0.05) is 25.3 Å². The van der Waals surface area contributed by atoms with Gasteiger partial charge in [-0.05, 0) is 93.6 Å². The van der Waals surface area contributed by atoms with Crippen LogP contribution in [0.1, 0.15) is 64.1 Å². The number of alkyl carbamates (subject to hydrolysis) is 2. The molecule has 16 nitrogen and oxygen atoms in total. The highest BCUT2D eigenvalue weighted by Gasteiger charge is 2.62. The average molecular weight is 1060 g/mol. The first-order chi connectivity index (χ1) is 38.5. The van der Waals surface area contributed by atoms with E-state index in [9.17, 15) is 33.9 Å². The van der Waals surface area contributed by atoms with E-state index in [0.717, 1.165) is 33.4 Å². The van der Waals surface area contributed by atoms with Gasteiger partial charge in [0.05, 0.1) is 0 Å². The first-order valence-electron chi connectivity index (χ1n) is 26.2. The van der Waals surface area contributed by atoms with E-state index in [1.54, 1.807) is 42.5 Å². The summed E-state index contributed by atoms with van der Waals surface area (Å²) < 4.78 is 23.4. The number of benzene rings is 7. The summed E-state index contributed by atoms with van der Waals surface area (Å²) in [6, 6.07) is 53.4. The van der Waals surface area contributed by atoms with Gasteiger partial charge >= 0.3 is 18.2 Å². The topological polar surface area (TPSA) is 220 Å². The Hall–Kier alpha value is -9.44. The summed E-state index contributed by atoms with van der Waals surface area (Å²) in [7, 11) is 0. The maximum absolute atomic E-state index is 15.0. The molecule has 16 heteroatoms. The molecule has 7 aromatic rings. The Morgan fingerprint density at radius 1 is 0.608 bits per heavy atom. The quantitative estimate of drug-likeness (QED) is 0.0397. The lowest BCUT2D eigenvalue weighted by Gasteiger charge is -2.27. The Labute approximate surface area is 457 Å². The third kappa shape index (κ3) is 14.9. The third-order valence-corrected chi connectivity index (χ3v) is 13.9. The molecule has 1 unspecified atom stereocenters. The maximum atomic E-state index is 15.0. The van der Waals surface area contributed by atoms with Crippen LogP contribution < -0.4 is 36.1 Å². The molecule has 1 aliphatic carbocycles. The summed E-state index contributed by atoms with van der Waals surface area (Å²) in [5, 5.41) is 24.6. The number of amides is 5. The van der Waals surface area contributed by atoms with E-state index in [-0.39, 0.29) is 58.5 Å². The van der Waals surface area contributed by atoms with Crippen molar-refractivity contribution in [2.45, 2.75) is 88.1 Å². The van der Waals surface area contributed by atoms with Gasteiger partial charge in [0.25, 0.3) is 0 Å². The Balaban J connectivity index is 1.01. The minimum absolute atomic E-state index is 0.0330. The molecule has 5 atom stereocenters. The highest BCUT2D eigenvalue weighted by atomic mass is 16.6. The van der Waals surface area contributed by atoms with Crippen molar-refractivity contribution in [2.24, 2.45) is 0 Å². The molecule has 6 N–H and O–H groups in total. The smallest absolute Gasteiger partial charge is 0.408 e. The second-order valence-corrected chi connectivity index (χ2v) is 19.6. The Morgan fingerprint density at radius 3 is 1.81 bits per heavy atom. The van der Waals surface area contributed by atoms with Crippen molar-refractivity contribution in [3.05, 3.63) is 227 Å². The molecule has 0 radical (unpaired) electrons. The molecule has 0 aromatic heterocycles. The van der Waals surface area contributed by atoms with Crippen molar-refractivity contribution in [1.29, 1.82) is 0 Å². The van der Waals surface area contributed by atoms with Crippen molar-refractivity contribution in [3.63, 3.8) is 0 Å². The first-order valence-corrected chi connectivity index (χ1v) is 26.2. The average Bonchev–Trinajstić information content (AvgIpc) is 4.42. The van der Waals surface area contributed by atoms with Gasteiger partial charge in [-0.2, -0.15) is 0 Å². The molecule has 5 amide bonds. The van der Waals surface area contributed by atoms with E-state index < -0.39 is 65.5 Å². The minimum Gasteiger partial charge on any atom is -0.489 e. The zero-order chi connectivity index (χ0) is 55.0. The van der Waals surface area contributed by atoms with Gasteiger partial charge < -0.3 is 50.6 Å². The molecule has 1 fully saturated rings. The molecule has 404 valence electrons. The molecule has 0 spiro atoms. The number of aliphatic carboxylic acids is 1. The number of ether oxygens (including phenoxy) is 4. The van der Waals surface area contributed by atoms with Gasteiger partial charge in [-0.3, -0.25) is 14.4 Å². The van der Waals surface area contributed by atoms with Crippen molar-refractivity contribution < 1.29 is 52.8 Å². The second-order valence-electron chi connectivity index (χ2n) is 19.6. The number of hydrogen-bond donors (Lipinski definition) is 6.